The number of sulfonamides is 1. The molecule has 0 radical (unpaired) electrons. The minimum absolute atomic E-state index is 0.266. The van der Waals surface area contributed by atoms with Gasteiger partial charge < -0.3 is 9.84 Å². The Morgan fingerprint density at radius 1 is 1.47 bits per heavy atom. The number of ether oxygens (including phenoxy) is 1. The molecule has 1 atom stereocenters. The molecule has 0 amide bonds. The lowest BCUT2D eigenvalue weighted by Gasteiger charge is -2.21. The smallest absolute Gasteiger partial charge is 0.321 e. The SMILES string of the molecule is COc1cccc(CS(=O)(=O)N(C)[C@H](C)C(=O)O)c1. The Kier molecular flexibility index (Phi) is 4.90. The van der Waals surface area contributed by atoms with Crippen molar-refractivity contribution < 1.29 is 23.1 Å². The number of aliphatic carboxylic acids is 1. The van der Waals surface area contributed by atoms with Gasteiger partial charge in [-0.2, -0.15) is 4.31 Å². The third-order valence-corrected chi connectivity index (χ3v) is 4.72. The zero-order valence-electron chi connectivity index (χ0n) is 11.0. The molecule has 0 bridgehead atoms. The fraction of sp³-hybridized carbons (Fsp3) is 0.417. The molecule has 0 aliphatic rings. The fourth-order valence-corrected chi connectivity index (χ4v) is 2.85. The largest absolute Gasteiger partial charge is 0.497 e. The van der Waals surface area contributed by atoms with E-state index in [-0.39, 0.29) is 5.75 Å². The van der Waals surface area contributed by atoms with Gasteiger partial charge in [0.05, 0.1) is 12.9 Å². The summed E-state index contributed by atoms with van der Waals surface area (Å²) in [5.74, 6) is -0.892. The zero-order chi connectivity index (χ0) is 14.6. The molecule has 0 saturated carbocycles. The van der Waals surface area contributed by atoms with E-state index in [1.807, 2.05) is 0 Å². The second-order valence-corrected chi connectivity index (χ2v) is 6.17. The van der Waals surface area contributed by atoms with Gasteiger partial charge in [0, 0.05) is 7.05 Å². The molecule has 0 spiro atoms. The lowest BCUT2D eigenvalue weighted by Crippen LogP contribution is -2.40. The number of carbonyl (C=O) groups is 1. The van der Waals surface area contributed by atoms with Crippen LogP contribution >= 0.6 is 0 Å². The highest BCUT2D eigenvalue weighted by molar-refractivity contribution is 7.88. The van der Waals surface area contributed by atoms with Gasteiger partial charge in [-0.1, -0.05) is 12.1 Å². The van der Waals surface area contributed by atoms with Crippen LogP contribution in [0.3, 0.4) is 0 Å². The number of nitrogens with zero attached hydrogens (tertiary/aromatic N) is 1. The third kappa shape index (κ3) is 3.93. The van der Waals surface area contributed by atoms with E-state index in [4.69, 9.17) is 9.84 Å². The summed E-state index contributed by atoms with van der Waals surface area (Å²) in [6, 6.07) is 5.55. The summed E-state index contributed by atoms with van der Waals surface area (Å²) in [6.07, 6.45) is 0. The van der Waals surface area contributed by atoms with Gasteiger partial charge in [-0.05, 0) is 24.6 Å². The molecule has 0 unspecified atom stereocenters. The van der Waals surface area contributed by atoms with E-state index in [0.29, 0.717) is 11.3 Å². The van der Waals surface area contributed by atoms with E-state index in [2.05, 4.69) is 0 Å². The summed E-state index contributed by atoms with van der Waals surface area (Å²) < 4.78 is 30.0. The Labute approximate surface area is 112 Å². The third-order valence-electron chi connectivity index (χ3n) is 2.82. The van der Waals surface area contributed by atoms with Crippen molar-refractivity contribution >= 4 is 16.0 Å². The second kappa shape index (κ2) is 6.03. The number of hydrogen-bond donors (Lipinski definition) is 1. The Hall–Kier alpha value is -1.60. The molecule has 7 heteroatoms. The second-order valence-electron chi connectivity index (χ2n) is 4.14. The zero-order valence-corrected chi connectivity index (χ0v) is 11.8. The van der Waals surface area contributed by atoms with Crippen LogP contribution in [0.15, 0.2) is 24.3 Å². The van der Waals surface area contributed by atoms with Crippen molar-refractivity contribution in [3.05, 3.63) is 29.8 Å². The molecule has 1 aromatic rings. The molecular formula is C12H17NO5S. The summed E-state index contributed by atoms with van der Waals surface area (Å²) in [5.41, 5.74) is 0.545. The van der Waals surface area contributed by atoms with Crippen LogP contribution in [0.25, 0.3) is 0 Å². The molecule has 0 aliphatic carbocycles. The number of hydrogen-bond acceptors (Lipinski definition) is 4. The first-order chi connectivity index (χ1) is 8.77. The van der Waals surface area contributed by atoms with Crippen LogP contribution in [-0.2, 0) is 20.6 Å². The standard InChI is InChI=1S/C12H17NO5S/c1-9(12(14)15)13(2)19(16,17)8-10-5-4-6-11(7-10)18-3/h4-7,9H,8H2,1-3H3,(H,14,15)/t9-/m1/s1. The predicted molar refractivity (Wildman–Crippen MR) is 70.5 cm³/mol. The number of likely N-dealkylation sites (N-methyl/N-ethyl adjacent to an activating group) is 1. The van der Waals surface area contributed by atoms with Gasteiger partial charge in [0.15, 0.2) is 0 Å². The first kappa shape index (κ1) is 15.5. The molecular weight excluding hydrogens is 270 g/mol. The molecule has 106 valence electrons. The average Bonchev–Trinajstić information content (AvgIpc) is 2.36. The Bertz CT molecular complexity index is 555. The van der Waals surface area contributed by atoms with E-state index in [1.54, 1.807) is 24.3 Å². The quantitative estimate of drug-likeness (QED) is 0.841. The number of methoxy groups -OCH3 is 1. The van der Waals surface area contributed by atoms with Crippen molar-refractivity contribution in [1.29, 1.82) is 0 Å². The van der Waals surface area contributed by atoms with Crippen molar-refractivity contribution in [1.82, 2.24) is 4.31 Å². The van der Waals surface area contributed by atoms with Crippen LogP contribution in [0.1, 0.15) is 12.5 Å². The van der Waals surface area contributed by atoms with Crippen LogP contribution in [0.4, 0.5) is 0 Å². The highest BCUT2D eigenvalue weighted by Gasteiger charge is 2.27. The van der Waals surface area contributed by atoms with Crippen molar-refractivity contribution in [3.63, 3.8) is 0 Å². The first-order valence-electron chi connectivity index (χ1n) is 5.59. The Morgan fingerprint density at radius 3 is 2.63 bits per heavy atom. The fourth-order valence-electron chi connectivity index (χ4n) is 1.47. The van der Waals surface area contributed by atoms with Crippen LogP contribution in [-0.4, -0.2) is 44.0 Å². The summed E-state index contributed by atoms with van der Waals surface area (Å²) in [6.45, 7) is 1.32. The highest BCUT2D eigenvalue weighted by Crippen LogP contribution is 2.17. The molecule has 0 fully saturated rings. The maximum absolute atomic E-state index is 12.1. The minimum Gasteiger partial charge on any atom is -0.497 e. The molecule has 0 saturated heterocycles. The molecule has 0 aliphatic heterocycles. The molecule has 6 nitrogen and oxygen atoms in total. The number of carboxylic acids is 1. The Balaban J connectivity index is 2.93. The number of rotatable bonds is 6. The topological polar surface area (TPSA) is 83.9 Å². The highest BCUT2D eigenvalue weighted by atomic mass is 32.2. The van der Waals surface area contributed by atoms with Crippen LogP contribution in [0.5, 0.6) is 5.75 Å². The van der Waals surface area contributed by atoms with Crippen LogP contribution < -0.4 is 4.74 Å². The summed E-state index contributed by atoms with van der Waals surface area (Å²) in [5, 5.41) is 8.84. The summed E-state index contributed by atoms with van der Waals surface area (Å²) in [4.78, 5) is 10.8. The molecule has 1 rings (SSSR count). The number of benzene rings is 1. The lowest BCUT2D eigenvalue weighted by molar-refractivity contribution is -0.140. The molecule has 1 aromatic carbocycles. The maximum atomic E-state index is 12.1. The molecule has 0 heterocycles. The maximum Gasteiger partial charge on any atom is 0.321 e. The van der Waals surface area contributed by atoms with Gasteiger partial charge in [-0.3, -0.25) is 4.79 Å². The van der Waals surface area contributed by atoms with Crippen LogP contribution in [0.2, 0.25) is 0 Å². The van der Waals surface area contributed by atoms with E-state index in [9.17, 15) is 13.2 Å². The summed E-state index contributed by atoms with van der Waals surface area (Å²) >= 11 is 0. The van der Waals surface area contributed by atoms with Crippen LogP contribution in [0, 0.1) is 0 Å². The monoisotopic (exact) mass is 287 g/mol. The van der Waals surface area contributed by atoms with Gasteiger partial charge in [0.1, 0.15) is 11.8 Å². The van der Waals surface area contributed by atoms with Gasteiger partial charge in [0.2, 0.25) is 10.0 Å². The minimum atomic E-state index is -3.69. The van der Waals surface area contributed by atoms with Gasteiger partial charge in [0.25, 0.3) is 0 Å². The molecule has 19 heavy (non-hydrogen) atoms. The van der Waals surface area contributed by atoms with E-state index < -0.39 is 22.0 Å². The van der Waals surface area contributed by atoms with Gasteiger partial charge >= 0.3 is 5.97 Å². The first-order valence-corrected chi connectivity index (χ1v) is 7.20. The van der Waals surface area contributed by atoms with E-state index in [1.165, 1.54) is 21.1 Å². The van der Waals surface area contributed by atoms with Crippen molar-refractivity contribution in [3.8, 4) is 5.75 Å². The van der Waals surface area contributed by atoms with E-state index in [0.717, 1.165) is 4.31 Å². The normalized spacial score (nSPS) is 13.3. The van der Waals surface area contributed by atoms with Crippen molar-refractivity contribution in [2.75, 3.05) is 14.2 Å². The van der Waals surface area contributed by atoms with Crippen molar-refractivity contribution in [2.45, 2.75) is 18.7 Å². The average molecular weight is 287 g/mol. The van der Waals surface area contributed by atoms with Gasteiger partial charge in [-0.15, -0.1) is 0 Å². The molecule has 0 aromatic heterocycles. The lowest BCUT2D eigenvalue weighted by atomic mass is 10.2. The molecule has 1 N–H and O–H groups in total. The van der Waals surface area contributed by atoms with Crippen molar-refractivity contribution in [2.24, 2.45) is 0 Å². The predicted octanol–water partition coefficient (Wildman–Crippen LogP) is 0.930. The number of carboxylic acid groups (broad SMARTS) is 1. The Morgan fingerprint density at radius 2 is 2.11 bits per heavy atom. The van der Waals surface area contributed by atoms with Gasteiger partial charge in [-0.25, -0.2) is 8.42 Å². The summed E-state index contributed by atoms with van der Waals surface area (Å²) in [7, 11) is -0.935. The van der Waals surface area contributed by atoms with E-state index >= 15 is 0 Å².